The predicted molar refractivity (Wildman–Crippen MR) is 161 cm³/mol. The number of hydrogen-bond donors (Lipinski definition) is 3. The van der Waals surface area contributed by atoms with E-state index in [9.17, 15) is 14.4 Å². The van der Waals surface area contributed by atoms with Gasteiger partial charge in [0.1, 0.15) is 0 Å². The van der Waals surface area contributed by atoms with Gasteiger partial charge in [-0.2, -0.15) is 0 Å². The summed E-state index contributed by atoms with van der Waals surface area (Å²) in [5.74, 6) is -0.848. The van der Waals surface area contributed by atoms with Crippen molar-refractivity contribution in [3.63, 3.8) is 0 Å². The third-order valence-corrected chi connectivity index (χ3v) is 7.55. The highest BCUT2D eigenvalue weighted by atomic mass is 16.5. The molecule has 41 heavy (non-hydrogen) atoms. The third-order valence-electron chi connectivity index (χ3n) is 7.55. The minimum absolute atomic E-state index is 0.117. The first kappa shape index (κ1) is 28.1. The number of esters is 1. The highest BCUT2D eigenvalue weighted by Crippen LogP contribution is 2.39. The Morgan fingerprint density at radius 3 is 2.34 bits per heavy atom. The van der Waals surface area contributed by atoms with Crippen molar-refractivity contribution in [1.29, 1.82) is 0 Å². The lowest BCUT2D eigenvalue weighted by molar-refractivity contribution is -0.110. The summed E-state index contributed by atoms with van der Waals surface area (Å²) in [6.45, 7) is 7.37. The van der Waals surface area contributed by atoms with Crippen LogP contribution in [0.25, 0.3) is 11.3 Å². The maximum absolute atomic E-state index is 13.3. The van der Waals surface area contributed by atoms with E-state index in [1.165, 1.54) is 7.11 Å². The van der Waals surface area contributed by atoms with E-state index < -0.39 is 5.97 Å². The van der Waals surface area contributed by atoms with Gasteiger partial charge in [-0.25, -0.2) is 4.79 Å². The van der Waals surface area contributed by atoms with Gasteiger partial charge in [-0.3, -0.25) is 14.5 Å². The van der Waals surface area contributed by atoms with Crippen LogP contribution in [-0.4, -0.2) is 81.0 Å². The monoisotopic (exact) mass is 553 g/mol. The van der Waals surface area contributed by atoms with Crippen LogP contribution < -0.4 is 16.0 Å². The number of rotatable bonds is 8. The molecule has 3 N–H and O–H groups in total. The van der Waals surface area contributed by atoms with E-state index in [0.717, 1.165) is 44.0 Å². The molecule has 1 fully saturated rings. The fraction of sp³-hybridized carbons (Fsp3) is 0.281. The average molecular weight is 554 g/mol. The van der Waals surface area contributed by atoms with Crippen molar-refractivity contribution in [2.75, 3.05) is 64.1 Å². The van der Waals surface area contributed by atoms with Crippen LogP contribution in [0.4, 0.5) is 11.4 Å². The zero-order valence-corrected chi connectivity index (χ0v) is 23.6. The molecule has 2 aliphatic rings. The molecule has 0 radical (unpaired) electrons. The molecule has 0 aromatic heterocycles. The molecule has 0 bridgehead atoms. The summed E-state index contributed by atoms with van der Waals surface area (Å²) in [6.07, 6.45) is 0. The first-order chi connectivity index (χ1) is 19.8. The minimum Gasteiger partial charge on any atom is -0.465 e. The van der Waals surface area contributed by atoms with E-state index in [-0.39, 0.29) is 11.8 Å². The largest absolute Gasteiger partial charge is 0.465 e. The van der Waals surface area contributed by atoms with E-state index in [2.05, 4.69) is 32.8 Å². The molecule has 2 aliphatic heterocycles. The number of aryl methyl sites for hydroxylation is 1. The van der Waals surface area contributed by atoms with Crippen LogP contribution in [0, 0.1) is 6.92 Å². The number of carbonyl (C=O) groups excluding carboxylic acids is 3. The number of amides is 2. The highest BCUT2D eigenvalue weighted by Gasteiger charge is 2.30. The lowest BCUT2D eigenvalue weighted by atomic mass is 9.96. The normalized spacial score (nSPS) is 16.5. The van der Waals surface area contributed by atoms with Crippen LogP contribution in [0.5, 0.6) is 0 Å². The molecule has 0 saturated carbocycles. The predicted octanol–water partition coefficient (Wildman–Crippen LogP) is 3.69. The number of hydrogen-bond acceptors (Lipinski definition) is 7. The van der Waals surface area contributed by atoms with Gasteiger partial charge in [-0.1, -0.05) is 30.3 Å². The number of likely N-dealkylation sites (N-methyl/N-ethyl adjacent to an activating group) is 1. The standard InChI is InChI=1S/C32H35N5O4/c1-21-19-26-27(20-25(21)32(40)41-3)35-31(39)28(26)29(22-7-5-4-6-8-22)34-24-11-9-23(10-12-24)30(38)33-13-14-37-17-15-36(2)16-18-37/h4-12,19-20,34H,13-18H2,1-3H3,(H,33,38)(H,35,39). The van der Waals surface area contributed by atoms with Gasteiger partial charge in [0.05, 0.1) is 29.6 Å². The van der Waals surface area contributed by atoms with Crippen LogP contribution in [0.1, 0.15) is 37.4 Å². The zero-order chi connectivity index (χ0) is 28.9. The zero-order valence-electron chi connectivity index (χ0n) is 23.6. The van der Waals surface area contributed by atoms with Crippen LogP contribution >= 0.6 is 0 Å². The van der Waals surface area contributed by atoms with Gasteiger partial charge in [0, 0.05) is 56.1 Å². The summed E-state index contributed by atoms with van der Waals surface area (Å²) in [5.41, 5.74) is 5.57. The van der Waals surface area contributed by atoms with E-state index in [1.807, 2.05) is 55.5 Å². The molecule has 3 aromatic carbocycles. The van der Waals surface area contributed by atoms with E-state index in [4.69, 9.17) is 4.74 Å². The Kier molecular flexibility index (Phi) is 8.47. The van der Waals surface area contributed by atoms with Gasteiger partial charge < -0.3 is 25.6 Å². The second-order valence-electron chi connectivity index (χ2n) is 10.4. The number of piperazine rings is 1. The maximum atomic E-state index is 13.3. The van der Waals surface area contributed by atoms with Gasteiger partial charge in [0.2, 0.25) is 0 Å². The summed E-state index contributed by atoms with van der Waals surface area (Å²) >= 11 is 0. The SMILES string of the molecule is COC(=O)c1cc2c(cc1C)C(=C(Nc1ccc(C(=O)NCCN3CCN(C)CC3)cc1)c1ccccc1)C(=O)N2. The van der Waals surface area contributed by atoms with Gasteiger partial charge in [-0.15, -0.1) is 0 Å². The Labute approximate surface area is 240 Å². The van der Waals surface area contributed by atoms with E-state index >= 15 is 0 Å². The summed E-state index contributed by atoms with van der Waals surface area (Å²) in [6, 6.07) is 20.3. The Hall–Kier alpha value is -4.47. The van der Waals surface area contributed by atoms with Crippen LogP contribution in [0.15, 0.2) is 66.7 Å². The van der Waals surface area contributed by atoms with Gasteiger partial charge in [-0.05, 0) is 61.5 Å². The summed E-state index contributed by atoms with van der Waals surface area (Å²) in [4.78, 5) is 42.9. The maximum Gasteiger partial charge on any atom is 0.338 e. The second kappa shape index (κ2) is 12.4. The first-order valence-corrected chi connectivity index (χ1v) is 13.7. The third kappa shape index (κ3) is 6.32. The lowest BCUT2D eigenvalue weighted by Crippen LogP contribution is -2.46. The molecular weight excluding hydrogens is 518 g/mol. The molecule has 2 amide bonds. The molecule has 3 aromatic rings. The number of ether oxygens (including phenoxy) is 1. The fourth-order valence-corrected chi connectivity index (χ4v) is 5.14. The summed E-state index contributed by atoms with van der Waals surface area (Å²) in [7, 11) is 3.46. The highest BCUT2D eigenvalue weighted by molar-refractivity contribution is 6.37. The van der Waals surface area contributed by atoms with Crippen LogP contribution in [0.3, 0.4) is 0 Å². The summed E-state index contributed by atoms with van der Waals surface area (Å²) in [5, 5.41) is 9.33. The van der Waals surface area contributed by atoms with Crippen molar-refractivity contribution >= 4 is 40.4 Å². The second-order valence-corrected chi connectivity index (χ2v) is 10.4. The number of anilines is 2. The Morgan fingerprint density at radius 2 is 1.66 bits per heavy atom. The molecular formula is C32H35N5O4. The van der Waals surface area contributed by atoms with Crippen molar-refractivity contribution in [2.24, 2.45) is 0 Å². The Bertz CT molecular complexity index is 1480. The van der Waals surface area contributed by atoms with E-state index in [0.29, 0.717) is 45.8 Å². The number of methoxy groups -OCH3 is 1. The van der Waals surface area contributed by atoms with Crippen LogP contribution in [0.2, 0.25) is 0 Å². The van der Waals surface area contributed by atoms with Gasteiger partial charge in [0.15, 0.2) is 0 Å². The number of nitrogens with one attached hydrogen (secondary N) is 3. The molecule has 212 valence electrons. The number of carbonyl (C=O) groups is 3. The fourth-order valence-electron chi connectivity index (χ4n) is 5.14. The average Bonchev–Trinajstić information content (AvgIpc) is 3.30. The molecule has 0 atom stereocenters. The quantitative estimate of drug-likeness (QED) is 0.289. The number of nitrogens with zero attached hydrogens (tertiary/aromatic N) is 2. The summed E-state index contributed by atoms with van der Waals surface area (Å²) < 4.78 is 4.90. The molecule has 0 unspecified atom stereocenters. The smallest absolute Gasteiger partial charge is 0.338 e. The Balaban J connectivity index is 1.36. The molecule has 9 heteroatoms. The lowest BCUT2D eigenvalue weighted by Gasteiger charge is -2.32. The molecule has 0 aliphatic carbocycles. The van der Waals surface area contributed by atoms with Gasteiger partial charge >= 0.3 is 5.97 Å². The Morgan fingerprint density at radius 1 is 0.951 bits per heavy atom. The molecule has 5 rings (SSSR count). The van der Waals surface area contributed by atoms with Crippen molar-refractivity contribution in [3.8, 4) is 0 Å². The van der Waals surface area contributed by atoms with Crippen molar-refractivity contribution in [3.05, 3.63) is 94.5 Å². The molecule has 0 spiro atoms. The minimum atomic E-state index is -0.457. The number of fused-ring (bicyclic) bond motifs is 1. The molecule has 9 nitrogen and oxygen atoms in total. The topological polar surface area (TPSA) is 103 Å². The van der Waals surface area contributed by atoms with Crippen molar-refractivity contribution in [2.45, 2.75) is 6.92 Å². The van der Waals surface area contributed by atoms with Crippen molar-refractivity contribution in [1.82, 2.24) is 15.1 Å². The van der Waals surface area contributed by atoms with Gasteiger partial charge in [0.25, 0.3) is 11.8 Å². The molecule has 2 heterocycles. The van der Waals surface area contributed by atoms with Crippen molar-refractivity contribution < 1.29 is 19.1 Å². The first-order valence-electron chi connectivity index (χ1n) is 13.7. The van der Waals surface area contributed by atoms with E-state index in [1.54, 1.807) is 18.2 Å². The molecule has 1 saturated heterocycles. The van der Waals surface area contributed by atoms with Crippen LogP contribution in [-0.2, 0) is 9.53 Å². The number of benzene rings is 3.